The van der Waals surface area contributed by atoms with Gasteiger partial charge in [-0.25, -0.2) is 13.8 Å². The number of aromatic nitrogens is 3. The van der Waals surface area contributed by atoms with Gasteiger partial charge in [0.15, 0.2) is 0 Å². The Balaban J connectivity index is 1.39. The van der Waals surface area contributed by atoms with E-state index in [1.807, 2.05) is 36.2 Å². The van der Waals surface area contributed by atoms with Crippen LogP contribution in [-0.4, -0.2) is 51.1 Å². The molecule has 1 fully saturated rings. The number of halogens is 2. The predicted molar refractivity (Wildman–Crippen MR) is 173 cm³/mol. The zero-order valence-corrected chi connectivity index (χ0v) is 25.8. The van der Waals surface area contributed by atoms with Crippen molar-refractivity contribution in [2.24, 2.45) is 11.0 Å². The lowest BCUT2D eigenvalue weighted by Crippen LogP contribution is -2.26. The highest BCUT2D eigenvalue weighted by Gasteiger charge is 2.37. The van der Waals surface area contributed by atoms with Crippen LogP contribution in [0.2, 0.25) is 0 Å². The lowest BCUT2D eigenvalue weighted by atomic mass is 9.98. The fourth-order valence-electron chi connectivity index (χ4n) is 5.88. The van der Waals surface area contributed by atoms with Gasteiger partial charge in [0, 0.05) is 47.1 Å². The number of hydrogen-bond donors (Lipinski definition) is 2. The minimum absolute atomic E-state index is 0.0866. The minimum atomic E-state index is -2.61. The first-order chi connectivity index (χ1) is 20.6. The van der Waals surface area contributed by atoms with Gasteiger partial charge < -0.3 is 10.4 Å². The second-order valence-electron chi connectivity index (χ2n) is 11.6. The highest BCUT2D eigenvalue weighted by Crippen LogP contribution is 2.36. The second kappa shape index (κ2) is 11.6. The van der Waals surface area contributed by atoms with E-state index in [0.717, 1.165) is 66.5 Å². The molecule has 0 aliphatic carbocycles. The normalized spacial score (nSPS) is 18.0. The van der Waals surface area contributed by atoms with E-state index in [1.54, 1.807) is 11.3 Å². The van der Waals surface area contributed by atoms with E-state index in [2.05, 4.69) is 68.1 Å². The van der Waals surface area contributed by atoms with Crippen LogP contribution in [0.1, 0.15) is 53.4 Å². The van der Waals surface area contributed by atoms with Crippen molar-refractivity contribution < 1.29 is 8.78 Å². The summed E-state index contributed by atoms with van der Waals surface area (Å²) in [6.45, 7) is 13.5. The number of alkyl halides is 2. The molecule has 222 valence electrons. The van der Waals surface area contributed by atoms with Crippen molar-refractivity contribution >= 4 is 33.5 Å². The summed E-state index contributed by atoms with van der Waals surface area (Å²) in [7, 11) is 0. The summed E-state index contributed by atoms with van der Waals surface area (Å²) in [6, 6.07) is 10.4. The molecule has 1 atom stereocenters. The summed E-state index contributed by atoms with van der Waals surface area (Å²) in [5.41, 5.74) is 12.5. The lowest BCUT2D eigenvalue weighted by molar-refractivity contribution is 0.0131. The predicted octanol–water partition coefficient (Wildman–Crippen LogP) is 7.65. The Morgan fingerprint density at radius 3 is 2.74 bits per heavy atom. The monoisotopic (exact) mass is 598 g/mol. The fourth-order valence-corrected chi connectivity index (χ4v) is 6.75. The van der Waals surface area contributed by atoms with Gasteiger partial charge in [-0.15, -0.1) is 17.9 Å². The fraction of sp³-hybridized carbons (Fsp3) is 0.324. The van der Waals surface area contributed by atoms with E-state index in [-0.39, 0.29) is 18.9 Å². The van der Waals surface area contributed by atoms with Crippen LogP contribution in [0.4, 0.5) is 8.78 Å². The number of H-pyrrole nitrogens is 1. The van der Waals surface area contributed by atoms with E-state index in [9.17, 15) is 8.78 Å². The number of aromatic amines is 1. The number of hydrazone groups is 1. The van der Waals surface area contributed by atoms with Crippen molar-refractivity contribution in [2.75, 3.05) is 19.6 Å². The maximum Gasteiger partial charge on any atom is 0.261 e. The van der Waals surface area contributed by atoms with Gasteiger partial charge in [-0.1, -0.05) is 36.8 Å². The largest absolute Gasteiger partial charge is 0.353 e. The van der Waals surface area contributed by atoms with Crippen LogP contribution in [0.3, 0.4) is 0 Å². The summed E-state index contributed by atoms with van der Waals surface area (Å²) in [5.74, 6) is -2.51. The van der Waals surface area contributed by atoms with Crippen molar-refractivity contribution in [3.05, 3.63) is 100.0 Å². The molecule has 9 heteroatoms. The van der Waals surface area contributed by atoms with E-state index in [1.165, 1.54) is 4.88 Å². The molecule has 6 nitrogen and oxygen atoms in total. The molecule has 43 heavy (non-hydrogen) atoms. The summed E-state index contributed by atoms with van der Waals surface area (Å²) in [6.07, 6.45) is 7.83. The van der Waals surface area contributed by atoms with E-state index < -0.39 is 5.92 Å². The highest BCUT2D eigenvalue weighted by atomic mass is 32.1. The molecule has 0 unspecified atom stereocenters. The molecule has 6 heterocycles. The molecule has 4 aromatic rings. The molecule has 2 N–H and O–H groups in total. The number of hydrogen-bond acceptors (Lipinski definition) is 6. The van der Waals surface area contributed by atoms with Crippen molar-refractivity contribution in [3.63, 3.8) is 0 Å². The Bertz CT molecular complexity index is 1790. The van der Waals surface area contributed by atoms with Crippen molar-refractivity contribution in [1.82, 2.24) is 25.3 Å². The molecule has 1 saturated heterocycles. The van der Waals surface area contributed by atoms with Crippen LogP contribution in [0, 0.1) is 19.8 Å². The molecule has 0 bridgehead atoms. The maximum absolute atomic E-state index is 13.8. The van der Waals surface area contributed by atoms with Crippen LogP contribution in [-0.2, 0) is 6.54 Å². The third kappa shape index (κ3) is 5.96. The molecular weight excluding hydrogens is 562 g/mol. The molecule has 0 radical (unpaired) electrons. The van der Waals surface area contributed by atoms with Crippen LogP contribution < -0.4 is 5.43 Å². The average Bonchev–Trinajstić information content (AvgIpc) is 3.67. The molecule has 2 aliphatic heterocycles. The first-order valence-corrected chi connectivity index (χ1v) is 15.4. The Morgan fingerprint density at radius 2 is 2.02 bits per heavy atom. The zero-order chi connectivity index (χ0) is 30.3. The molecule has 0 saturated carbocycles. The van der Waals surface area contributed by atoms with Crippen LogP contribution in [0.15, 0.2) is 72.0 Å². The van der Waals surface area contributed by atoms with Crippen molar-refractivity contribution in [1.29, 1.82) is 0 Å². The highest BCUT2D eigenvalue weighted by molar-refractivity contribution is 7.15. The molecule has 2 aliphatic rings. The Kier molecular flexibility index (Phi) is 7.87. The topological polar surface area (TPSA) is 69.2 Å². The van der Waals surface area contributed by atoms with Gasteiger partial charge in [0.1, 0.15) is 5.71 Å². The standard InChI is InChI=1S/C34H36F2N6S/c1-6-20(2)15-25(16-21(3)18-42-14-12-34(35,36)19-42)26-9-8-24-17-38-41-33(31(24)39-26)30-23(5)29-27(40-30)11-13-37-32(29)28-10-7-22(4)43-28/h6-11,13,15-16,20,38,40H,1,12,14,17-19H2,2-5H3/b21-16+,25-15+/t20-/m0/s1. The van der Waals surface area contributed by atoms with E-state index in [4.69, 9.17) is 15.1 Å². The van der Waals surface area contributed by atoms with Gasteiger partial charge in [-0.05, 0) is 62.1 Å². The number of fused-ring (bicyclic) bond motifs is 2. The quantitative estimate of drug-likeness (QED) is 0.162. The Hall–Kier alpha value is -3.95. The summed E-state index contributed by atoms with van der Waals surface area (Å²) < 4.78 is 27.6. The van der Waals surface area contributed by atoms with Crippen LogP contribution in [0.5, 0.6) is 0 Å². The molecule has 6 rings (SSSR count). The van der Waals surface area contributed by atoms with Gasteiger partial charge in [0.2, 0.25) is 0 Å². The number of allylic oxidation sites excluding steroid dienone is 4. The third-order valence-electron chi connectivity index (χ3n) is 8.07. The average molecular weight is 599 g/mol. The number of nitrogens with one attached hydrogen (secondary N) is 2. The second-order valence-corrected chi connectivity index (χ2v) is 12.9. The summed E-state index contributed by atoms with van der Waals surface area (Å²) in [5, 5.41) is 5.83. The number of aryl methyl sites for hydroxylation is 2. The number of rotatable bonds is 8. The third-order valence-corrected chi connectivity index (χ3v) is 9.08. The van der Waals surface area contributed by atoms with Crippen molar-refractivity contribution in [2.45, 2.75) is 46.6 Å². The van der Waals surface area contributed by atoms with Crippen LogP contribution >= 0.6 is 11.3 Å². The number of thiophene rings is 1. The molecule has 0 aromatic carbocycles. The molecule has 0 spiro atoms. The number of pyridine rings is 2. The zero-order valence-electron chi connectivity index (χ0n) is 25.0. The Morgan fingerprint density at radius 1 is 1.19 bits per heavy atom. The van der Waals surface area contributed by atoms with Crippen molar-refractivity contribution in [3.8, 4) is 10.6 Å². The SMILES string of the molecule is C=C[C@H](C)/C=C(\C=C(/C)CN1CCC(F)(F)C1)c1ccc2c(n1)C(c1[nH]c3ccnc(-c4ccc(C)s4)c3c1C)=NNC2. The smallest absolute Gasteiger partial charge is 0.261 e. The van der Waals surface area contributed by atoms with Crippen LogP contribution in [0.25, 0.3) is 27.0 Å². The Labute approximate surface area is 255 Å². The minimum Gasteiger partial charge on any atom is -0.353 e. The van der Waals surface area contributed by atoms with Gasteiger partial charge >= 0.3 is 0 Å². The summed E-state index contributed by atoms with van der Waals surface area (Å²) >= 11 is 1.73. The maximum atomic E-state index is 13.8. The summed E-state index contributed by atoms with van der Waals surface area (Å²) in [4.78, 5) is 17.7. The number of nitrogens with zero attached hydrogens (tertiary/aromatic N) is 4. The molecular formula is C34H36F2N6S. The van der Waals surface area contributed by atoms with Gasteiger partial charge in [-0.2, -0.15) is 5.10 Å². The van der Waals surface area contributed by atoms with Gasteiger partial charge in [0.25, 0.3) is 5.92 Å². The first kappa shape index (κ1) is 29.1. The van der Waals surface area contributed by atoms with Gasteiger partial charge in [0.05, 0.1) is 40.7 Å². The lowest BCUT2D eigenvalue weighted by Gasteiger charge is -2.19. The molecule has 4 aromatic heterocycles. The molecule has 0 amide bonds. The first-order valence-electron chi connectivity index (χ1n) is 14.6. The number of likely N-dealkylation sites (tertiary alicyclic amines) is 1. The van der Waals surface area contributed by atoms with E-state index >= 15 is 0 Å². The van der Waals surface area contributed by atoms with Gasteiger partial charge in [-0.3, -0.25) is 9.88 Å². The van der Waals surface area contributed by atoms with E-state index in [0.29, 0.717) is 19.6 Å².